The minimum absolute atomic E-state index is 0.147. The molecule has 2 aromatic heterocycles. The average molecular weight is 329 g/mol. The maximum absolute atomic E-state index is 6.26. The van der Waals surface area contributed by atoms with E-state index in [1.165, 1.54) is 0 Å². The second-order valence-electron chi connectivity index (χ2n) is 5.11. The van der Waals surface area contributed by atoms with Crippen LogP contribution in [0.4, 0.5) is 0 Å². The molecule has 1 atom stereocenters. The van der Waals surface area contributed by atoms with E-state index in [-0.39, 0.29) is 5.38 Å². The molecule has 0 saturated heterocycles. The molecule has 116 valence electrons. The first-order valence-corrected chi connectivity index (χ1v) is 8.26. The van der Waals surface area contributed by atoms with E-state index in [4.69, 9.17) is 23.2 Å². The van der Waals surface area contributed by atoms with Crippen LogP contribution in [0.3, 0.4) is 0 Å². The molecule has 2 aromatic rings. The fourth-order valence-corrected chi connectivity index (χ4v) is 2.84. The molecular formula is C15H22Cl2N4. The van der Waals surface area contributed by atoms with Crippen LogP contribution < -0.4 is 0 Å². The second kappa shape index (κ2) is 7.43. The predicted octanol–water partition coefficient (Wildman–Crippen LogP) is 4.12. The van der Waals surface area contributed by atoms with Crippen LogP contribution in [0.25, 0.3) is 11.2 Å². The van der Waals surface area contributed by atoms with Gasteiger partial charge in [0.2, 0.25) is 0 Å². The summed E-state index contributed by atoms with van der Waals surface area (Å²) in [6.45, 7) is 10.4. The standard InChI is InChI=1S/C15H22Cl2N4/c1-4-20(5-2)7-6-8-21-14(11(3)16)19-13-9-12(17)10-18-15(13)21/h9-11H,4-8H2,1-3H3. The van der Waals surface area contributed by atoms with E-state index >= 15 is 0 Å². The summed E-state index contributed by atoms with van der Waals surface area (Å²) >= 11 is 12.3. The highest BCUT2D eigenvalue weighted by molar-refractivity contribution is 6.31. The van der Waals surface area contributed by atoms with Crippen molar-refractivity contribution >= 4 is 34.4 Å². The molecular weight excluding hydrogens is 307 g/mol. The number of aryl methyl sites for hydroxylation is 1. The Balaban J connectivity index is 2.22. The molecule has 21 heavy (non-hydrogen) atoms. The number of alkyl halides is 1. The molecule has 2 rings (SSSR count). The van der Waals surface area contributed by atoms with E-state index in [2.05, 4.69) is 33.3 Å². The number of rotatable bonds is 7. The maximum Gasteiger partial charge on any atom is 0.160 e. The molecule has 0 spiro atoms. The van der Waals surface area contributed by atoms with Crippen molar-refractivity contribution in [2.75, 3.05) is 19.6 Å². The largest absolute Gasteiger partial charge is 0.311 e. The van der Waals surface area contributed by atoms with Gasteiger partial charge in [0.15, 0.2) is 5.65 Å². The highest BCUT2D eigenvalue weighted by Gasteiger charge is 2.16. The first-order chi connectivity index (χ1) is 10.1. The summed E-state index contributed by atoms with van der Waals surface area (Å²) in [5.74, 6) is 0.862. The Labute approximate surface area is 136 Å². The van der Waals surface area contributed by atoms with E-state index in [9.17, 15) is 0 Å². The molecule has 0 N–H and O–H groups in total. The van der Waals surface area contributed by atoms with Gasteiger partial charge in [-0.25, -0.2) is 9.97 Å². The van der Waals surface area contributed by atoms with Gasteiger partial charge in [-0.1, -0.05) is 25.4 Å². The monoisotopic (exact) mass is 328 g/mol. The van der Waals surface area contributed by atoms with Crippen LogP contribution in [-0.4, -0.2) is 39.1 Å². The summed E-state index contributed by atoms with van der Waals surface area (Å²) in [5.41, 5.74) is 1.68. The van der Waals surface area contributed by atoms with E-state index in [1.807, 2.05) is 13.0 Å². The van der Waals surface area contributed by atoms with Crippen molar-refractivity contribution in [2.45, 2.75) is 39.1 Å². The maximum atomic E-state index is 6.26. The fraction of sp³-hybridized carbons (Fsp3) is 0.600. The zero-order valence-electron chi connectivity index (χ0n) is 12.8. The second-order valence-corrected chi connectivity index (χ2v) is 6.21. The lowest BCUT2D eigenvalue weighted by molar-refractivity contribution is 0.293. The smallest absolute Gasteiger partial charge is 0.160 e. The minimum atomic E-state index is -0.147. The van der Waals surface area contributed by atoms with Crippen molar-refractivity contribution in [3.05, 3.63) is 23.1 Å². The van der Waals surface area contributed by atoms with Crippen LogP contribution in [0.1, 0.15) is 38.4 Å². The van der Waals surface area contributed by atoms with Gasteiger partial charge in [0.1, 0.15) is 11.3 Å². The van der Waals surface area contributed by atoms with Crippen molar-refractivity contribution in [1.29, 1.82) is 0 Å². The number of aromatic nitrogens is 3. The van der Waals surface area contributed by atoms with Crippen molar-refractivity contribution in [1.82, 2.24) is 19.4 Å². The third kappa shape index (κ3) is 3.87. The lowest BCUT2D eigenvalue weighted by Gasteiger charge is -2.18. The lowest BCUT2D eigenvalue weighted by Crippen LogP contribution is -2.25. The van der Waals surface area contributed by atoms with Crippen molar-refractivity contribution in [3.8, 4) is 0 Å². The van der Waals surface area contributed by atoms with Gasteiger partial charge in [-0.05, 0) is 39.0 Å². The van der Waals surface area contributed by atoms with Crippen LogP contribution in [-0.2, 0) is 6.54 Å². The fourth-order valence-electron chi connectivity index (χ4n) is 2.52. The number of hydrogen-bond acceptors (Lipinski definition) is 3. The van der Waals surface area contributed by atoms with Crippen molar-refractivity contribution in [3.63, 3.8) is 0 Å². The molecule has 0 aliphatic heterocycles. The van der Waals surface area contributed by atoms with E-state index < -0.39 is 0 Å². The van der Waals surface area contributed by atoms with Crippen LogP contribution >= 0.6 is 23.2 Å². The third-order valence-corrected chi connectivity index (χ3v) is 4.09. The Morgan fingerprint density at radius 3 is 2.67 bits per heavy atom. The molecule has 0 bridgehead atoms. The Hall–Kier alpha value is -0.840. The topological polar surface area (TPSA) is 34.0 Å². The highest BCUT2D eigenvalue weighted by atomic mass is 35.5. The van der Waals surface area contributed by atoms with Crippen LogP contribution in [0.2, 0.25) is 5.02 Å². The number of fused-ring (bicyclic) bond motifs is 1. The molecule has 0 aliphatic rings. The summed E-state index contributed by atoms with van der Waals surface area (Å²) in [6, 6.07) is 1.84. The first-order valence-electron chi connectivity index (χ1n) is 7.44. The summed E-state index contributed by atoms with van der Waals surface area (Å²) in [6.07, 6.45) is 2.71. The van der Waals surface area contributed by atoms with Crippen molar-refractivity contribution in [2.24, 2.45) is 0 Å². The zero-order valence-corrected chi connectivity index (χ0v) is 14.3. The SMILES string of the molecule is CCN(CC)CCCn1c(C(C)Cl)nc2cc(Cl)cnc21. The van der Waals surface area contributed by atoms with E-state index in [0.29, 0.717) is 5.02 Å². The molecule has 2 heterocycles. The molecule has 0 aromatic carbocycles. The quantitative estimate of drug-likeness (QED) is 0.717. The Morgan fingerprint density at radius 2 is 2.05 bits per heavy atom. The van der Waals surface area contributed by atoms with Gasteiger partial charge in [-0.3, -0.25) is 0 Å². The number of imidazole rings is 1. The summed E-state index contributed by atoms with van der Waals surface area (Å²) in [7, 11) is 0. The van der Waals surface area contributed by atoms with Crippen LogP contribution in [0.5, 0.6) is 0 Å². The molecule has 1 unspecified atom stereocenters. The molecule has 0 aliphatic carbocycles. The van der Waals surface area contributed by atoms with Gasteiger partial charge in [0, 0.05) is 12.7 Å². The number of hydrogen-bond donors (Lipinski definition) is 0. The van der Waals surface area contributed by atoms with Crippen LogP contribution in [0.15, 0.2) is 12.3 Å². The summed E-state index contributed by atoms with van der Waals surface area (Å²) in [5, 5.41) is 0.454. The first kappa shape index (κ1) is 16.5. The molecule has 4 nitrogen and oxygen atoms in total. The average Bonchev–Trinajstić information content (AvgIpc) is 2.81. The molecule has 0 radical (unpaired) electrons. The predicted molar refractivity (Wildman–Crippen MR) is 89.2 cm³/mol. The zero-order chi connectivity index (χ0) is 15.4. The van der Waals surface area contributed by atoms with Gasteiger partial charge in [0.25, 0.3) is 0 Å². The Kier molecular flexibility index (Phi) is 5.85. The normalized spacial score (nSPS) is 13.2. The third-order valence-electron chi connectivity index (χ3n) is 3.69. The molecule has 0 amide bonds. The molecule has 0 saturated carbocycles. The van der Waals surface area contributed by atoms with Gasteiger partial charge < -0.3 is 9.47 Å². The highest BCUT2D eigenvalue weighted by Crippen LogP contribution is 2.25. The number of nitrogens with zero attached hydrogens (tertiary/aromatic N) is 4. The van der Waals surface area contributed by atoms with Crippen LogP contribution in [0, 0.1) is 0 Å². The molecule has 0 fully saturated rings. The van der Waals surface area contributed by atoms with Gasteiger partial charge in [0.05, 0.1) is 10.4 Å². The Morgan fingerprint density at radius 1 is 1.33 bits per heavy atom. The van der Waals surface area contributed by atoms with Crippen molar-refractivity contribution < 1.29 is 0 Å². The summed E-state index contributed by atoms with van der Waals surface area (Å²) < 4.78 is 2.12. The lowest BCUT2D eigenvalue weighted by atomic mass is 10.3. The Bertz CT molecular complexity index is 591. The number of halogens is 2. The summed E-state index contributed by atoms with van der Waals surface area (Å²) in [4.78, 5) is 11.4. The number of pyridine rings is 1. The minimum Gasteiger partial charge on any atom is -0.311 e. The van der Waals surface area contributed by atoms with Gasteiger partial charge in [-0.15, -0.1) is 11.6 Å². The van der Waals surface area contributed by atoms with Gasteiger partial charge >= 0.3 is 0 Å². The van der Waals surface area contributed by atoms with E-state index in [1.54, 1.807) is 6.20 Å². The van der Waals surface area contributed by atoms with Gasteiger partial charge in [-0.2, -0.15) is 0 Å². The molecule has 6 heteroatoms. The van der Waals surface area contributed by atoms with E-state index in [0.717, 1.165) is 49.6 Å².